The summed E-state index contributed by atoms with van der Waals surface area (Å²) in [5.41, 5.74) is -0.257. The van der Waals surface area contributed by atoms with Crippen molar-refractivity contribution in [1.82, 2.24) is 19.4 Å². The molecule has 9 heteroatoms. The van der Waals surface area contributed by atoms with Gasteiger partial charge in [0.2, 0.25) is 11.8 Å². The highest BCUT2D eigenvalue weighted by Crippen LogP contribution is 2.26. The molecule has 1 aliphatic rings. The molecular weight excluding hydrogens is 422 g/mol. The lowest BCUT2D eigenvalue weighted by Gasteiger charge is -2.38. The molecule has 1 aromatic carbocycles. The Morgan fingerprint density at radius 3 is 2.48 bits per heavy atom. The number of anilines is 1. The first-order valence-electron chi connectivity index (χ1n) is 11.2. The number of benzene rings is 1. The lowest BCUT2D eigenvalue weighted by molar-refractivity contribution is -0.136. The van der Waals surface area contributed by atoms with E-state index >= 15 is 0 Å². The van der Waals surface area contributed by atoms with Crippen LogP contribution in [0.3, 0.4) is 0 Å². The minimum absolute atomic E-state index is 0.0418. The number of carbonyl (C=O) groups is 2. The van der Waals surface area contributed by atoms with Gasteiger partial charge >= 0.3 is 0 Å². The van der Waals surface area contributed by atoms with E-state index in [-0.39, 0.29) is 36.4 Å². The smallest absolute Gasteiger partial charge is 0.255 e. The van der Waals surface area contributed by atoms with Gasteiger partial charge in [0.1, 0.15) is 5.82 Å². The van der Waals surface area contributed by atoms with Gasteiger partial charge < -0.3 is 20.2 Å². The number of hydrogen-bond acceptors (Lipinski definition) is 6. The van der Waals surface area contributed by atoms with Gasteiger partial charge in [-0.1, -0.05) is 37.3 Å². The van der Waals surface area contributed by atoms with E-state index in [0.717, 1.165) is 5.56 Å². The summed E-state index contributed by atoms with van der Waals surface area (Å²) in [6.07, 6.45) is 2.59. The maximum atomic E-state index is 12.7. The summed E-state index contributed by atoms with van der Waals surface area (Å²) in [5, 5.41) is 13.9. The van der Waals surface area contributed by atoms with Crippen molar-refractivity contribution in [2.75, 3.05) is 39.0 Å². The van der Waals surface area contributed by atoms with Gasteiger partial charge in [0, 0.05) is 39.7 Å². The number of nitrogens with zero attached hydrogens (tertiary/aromatic N) is 4. The Hall–Kier alpha value is -3.20. The molecule has 1 saturated heterocycles. The van der Waals surface area contributed by atoms with Gasteiger partial charge in [-0.3, -0.25) is 19.0 Å². The number of nitrogens with one attached hydrogen (secondary N) is 1. The molecule has 0 spiro atoms. The first kappa shape index (κ1) is 24.4. The van der Waals surface area contributed by atoms with E-state index in [2.05, 4.69) is 10.3 Å². The van der Waals surface area contributed by atoms with Gasteiger partial charge in [0.05, 0.1) is 25.0 Å². The van der Waals surface area contributed by atoms with Crippen LogP contribution in [0, 0.1) is 0 Å². The molecule has 178 valence electrons. The molecule has 0 aliphatic carbocycles. The van der Waals surface area contributed by atoms with Gasteiger partial charge in [0.25, 0.3) is 5.56 Å². The zero-order valence-corrected chi connectivity index (χ0v) is 19.5. The summed E-state index contributed by atoms with van der Waals surface area (Å²) in [7, 11) is 3.30. The summed E-state index contributed by atoms with van der Waals surface area (Å²) >= 11 is 0. The number of hydrogen-bond donors (Lipinski definition) is 2. The molecule has 33 heavy (non-hydrogen) atoms. The summed E-state index contributed by atoms with van der Waals surface area (Å²) < 4.78 is 1.37. The van der Waals surface area contributed by atoms with Gasteiger partial charge in [-0.25, -0.2) is 4.98 Å². The van der Waals surface area contributed by atoms with E-state index in [1.807, 2.05) is 37.3 Å². The third kappa shape index (κ3) is 6.64. The quantitative estimate of drug-likeness (QED) is 0.621. The topological polar surface area (TPSA) is 108 Å². The normalized spacial score (nSPS) is 16.2. The van der Waals surface area contributed by atoms with E-state index in [0.29, 0.717) is 38.2 Å². The van der Waals surface area contributed by atoms with Crippen LogP contribution in [0.4, 0.5) is 5.82 Å². The number of likely N-dealkylation sites (tertiary alicyclic amines) is 1. The summed E-state index contributed by atoms with van der Waals surface area (Å²) in [6.45, 7) is 3.09. The third-order valence-electron chi connectivity index (χ3n) is 6.16. The fraction of sp³-hybridized carbons (Fsp3) is 0.500. The largest absolute Gasteiger partial charge is 0.388 e. The fourth-order valence-electron chi connectivity index (χ4n) is 3.90. The van der Waals surface area contributed by atoms with Gasteiger partial charge in [0.15, 0.2) is 0 Å². The standard InChI is InChI=1S/C24H33N5O4/c1-18(19-7-5-4-6-8-19)13-21(30)28-11-9-24(33,10-12-28)16-29-17-26-20(14-22(29)31)25-15-23(32)27(2)3/h4-8,14,17-18,25,33H,9-13,15-16H2,1-3H3. The van der Waals surface area contributed by atoms with Crippen LogP contribution in [0.25, 0.3) is 0 Å². The van der Waals surface area contributed by atoms with Crippen molar-refractivity contribution >= 4 is 17.6 Å². The molecule has 3 rings (SSSR count). The van der Waals surface area contributed by atoms with Crippen molar-refractivity contribution in [2.45, 2.75) is 44.2 Å². The number of likely N-dealkylation sites (N-methyl/N-ethyl adjacent to an activating group) is 1. The zero-order chi connectivity index (χ0) is 24.0. The summed E-state index contributed by atoms with van der Waals surface area (Å²) in [5.74, 6) is 0.389. The highest BCUT2D eigenvalue weighted by molar-refractivity contribution is 5.80. The number of aromatic nitrogens is 2. The van der Waals surface area contributed by atoms with Gasteiger partial charge in [-0.05, 0) is 24.3 Å². The number of carbonyl (C=O) groups excluding carboxylic acids is 2. The molecule has 2 heterocycles. The Labute approximate surface area is 194 Å². The summed E-state index contributed by atoms with van der Waals surface area (Å²) in [6, 6.07) is 11.3. The van der Waals surface area contributed by atoms with Crippen LogP contribution < -0.4 is 10.9 Å². The molecule has 1 fully saturated rings. The number of piperidine rings is 1. The first-order chi connectivity index (χ1) is 15.7. The Bertz CT molecular complexity index is 1010. The molecular formula is C24H33N5O4. The van der Waals surface area contributed by atoms with Crippen LogP contribution in [-0.4, -0.2) is 75.6 Å². The maximum Gasteiger partial charge on any atom is 0.255 e. The van der Waals surface area contributed by atoms with Crippen LogP contribution in [0.1, 0.15) is 37.7 Å². The fourth-order valence-corrected chi connectivity index (χ4v) is 3.90. The van der Waals surface area contributed by atoms with Crippen molar-refractivity contribution in [1.29, 1.82) is 0 Å². The molecule has 1 aliphatic heterocycles. The monoisotopic (exact) mass is 455 g/mol. The minimum atomic E-state index is -1.08. The Kier molecular flexibility index (Phi) is 7.86. The van der Waals surface area contributed by atoms with Crippen LogP contribution in [0.5, 0.6) is 0 Å². The molecule has 0 saturated carbocycles. The van der Waals surface area contributed by atoms with Crippen LogP contribution in [-0.2, 0) is 16.1 Å². The number of rotatable bonds is 8. The van der Waals surface area contributed by atoms with E-state index in [1.54, 1.807) is 19.0 Å². The van der Waals surface area contributed by atoms with Crippen LogP contribution >= 0.6 is 0 Å². The van der Waals surface area contributed by atoms with E-state index < -0.39 is 5.60 Å². The van der Waals surface area contributed by atoms with E-state index in [1.165, 1.54) is 21.9 Å². The molecule has 1 atom stereocenters. The predicted molar refractivity (Wildman–Crippen MR) is 126 cm³/mol. The maximum absolute atomic E-state index is 12.7. The molecule has 1 unspecified atom stereocenters. The highest BCUT2D eigenvalue weighted by atomic mass is 16.3. The second-order valence-corrected chi connectivity index (χ2v) is 9.00. The lowest BCUT2D eigenvalue weighted by atomic mass is 9.90. The molecule has 2 aromatic rings. The van der Waals surface area contributed by atoms with Crippen LogP contribution in [0.15, 0.2) is 47.5 Å². The number of aliphatic hydroxyl groups is 1. The van der Waals surface area contributed by atoms with E-state index in [4.69, 9.17) is 0 Å². The van der Waals surface area contributed by atoms with Crippen molar-refractivity contribution in [3.8, 4) is 0 Å². The second kappa shape index (κ2) is 10.6. The molecule has 1 aromatic heterocycles. The number of amides is 2. The average Bonchev–Trinajstić information content (AvgIpc) is 2.80. The SMILES string of the molecule is CC(CC(=O)N1CCC(O)(Cn2cnc(NCC(=O)N(C)C)cc2=O)CC1)c1ccccc1. The Morgan fingerprint density at radius 2 is 1.88 bits per heavy atom. The molecule has 2 N–H and O–H groups in total. The van der Waals surface area contributed by atoms with Crippen LogP contribution in [0.2, 0.25) is 0 Å². The Balaban J connectivity index is 1.52. The highest BCUT2D eigenvalue weighted by Gasteiger charge is 2.34. The second-order valence-electron chi connectivity index (χ2n) is 9.00. The first-order valence-corrected chi connectivity index (χ1v) is 11.2. The van der Waals surface area contributed by atoms with Gasteiger partial charge in [-0.2, -0.15) is 0 Å². The predicted octanol–water partition coefficient (Wildman–Crippen LogP) is 1.29. The third-order valence-corrected chi connectivity index (χ3v) is 6.16. The molecule has 9 nitrogen and oxygen atoms in total. The van der Waals surface area contributed by atoms with E-state index in [9.17, 15) is 19.5 Å². The molecule has 0 bridgehead atoms. The molecule has 2 amide bonds. The van der Waals surface area contributed by atoms with Gasteiger partial charge in [-0.15, -0.1) is 0 Å². The minimum Gasteiger partial charge on any atom is -0.388 e. The molecule has 0 radical (unpaired) electrons. The zero-order valence-electron chi connectivity index (χ0n) is 19.5. The van der Waals surface area contributed by atoms with Crippen molar-refractivity contribution in [3.05, 3.63) is 58.6 Å². The summed E-state index contributed by atoms with van der Waals surface area (Å²) in [4.78, 5) is 44.3. The van der Waals surface area contributed by atoms with Crippen molar-refractivity contribution in [3.63, 3.8) is 0 Å². The average molecular weight is 456 g/mol. The Morgan fingerprint density at radius 1 is 1.21 bits per heavy atom. The van der Waals surface area contributed by atoms with Crippen molar-refractivity contribution in [2.24, 2.45) is 0 Å². The van der Waals surface area contributed by atoms with Crippen molar-refractivity contribution < 1.29 is 14.7 Å². The lowest BCUT2D eigenvalue weighted by Crippen LogP contribution is -2.49.